The van der Waals surface area contributed by atoms with Crippen LogP contribution in [0.5, 0.6) is 0 Å². The molecule has 0 spiro atoms. The third kappa shape index (κ3) is 1.77. The van der Waals surface area contributed by atoms with Gasteiger partial charge in [0.2, 0.25) is 0 Å². The van der Waals surface area contributed by atoms with Crippen molar-refractivity contribution < 1.29 is 9.90 Å². The topological polar surface area (TPSA) is 58.4 Å². The number of rotatable bonds is 2. The molecule has 0 aromatic carbocycles. The number of carboxylic acid groups (broad SMARTS) is 1. The number of aliphatic carboxylic acids is 1. The van der Waals surface area contributed by atoms with Crippen LogP contribution in [0.25, 0.3) is 0 Å². The third-order valence-electron chi connectivity index (χ3n) is 2.39. The van der Waals surface area contributed by atoms with Crippen LogP contribution < -0.4 is 0 Å². The van der Waals surface area contributed by atoms with E-state index in [-0.39, 0.29) is 6.54 Å². The van der Waals surface area contributed by atoms with Gasteiger partial charge in [-0.05, 0) is 7.05 Å². The maximum atomic E-state index is 10.5. The predicted molar refractivity (Wildman–Crippen MR) is 49.9 cm³/mol. The molecule has 1 aromatic rings. The first-order valence-electron chi connectivity index (χ1n) is 4.60. The van der Waals surface area contributed by atoms with Crippen molar-refractivity contribution in [3.8, 4) is 0 Å². The molecule has 0 saturated heterocycles. The second-order valence-corrected chi connectivity index (χ2v) is 3.68. The summed E-state index contributed by atoms with van der Waals surface area (Å²) in [6.07, 6.45) is 2.75. The quantitative estimate of drug-likeness (QED) is 0.719. The van der Waals surface area contributed by atoms with Gasteiger partial charge in [0, 0.05) is 31.3 Å². The van der Waals surface area contributed by atoms with Gasteiger partial charge in [0.25, 0.3) is 0 Å². The molecule has 1 N–H and O–H groups in total. The predicted octanol–water partition coefficient (Wildman–Crippen LogP) is -0.0444. The fourth-order valence-corrected chi connectivity index (χ4v) is 1.73. The fraction of sp³-hybridized carbons (Fsp3) is 0.556. The van der Waals surface area contributed by atoms with E-state index in [1.54, 1.807) is 0 Å². The van der Waals surface area contributed by atoms with Gasteiger partial charge < -0.3 is 10.0 Å². The Morgan fingerprint density at radius 1 is 1.71 bits per heavy atom. The van der Waals surface area contributed by atoms with E-state index in [2.05, 4.69) is 17.0 Å². The van der Waals surface area contributed by atoms with Gasteiger partial charge in [0.05, 0.1) is 5.69 Å². The normalized spacial score (nSPS) is 16.6. The summed E-state index contributed by atoms with van der Waals surface area (Å²) in [5.74, 6) is -0.849. The molecular weight excluding hydrogens is 182 g/mol. The molecule has 1 aromatic heterocycles. The van der Waals surface area contributed by atoms with Crippen molar-refractivity contribution >= 4 is 5.97 Å². The van der Waals surface area contributed by atoms with E-state index in [4.69, 9.17) is 5.11 Å². The van der Waals surface area contributed by atoms with Crippen LogP contribution in [0, 0.1) is 0 Å². The molecule has 0 saturated carbocycles. The molecule has 0 fully saturated rings. The highest BCUT2D eigenvalue weighted by Crippen LogP contribution is 2.15. The Morgan fingerprint density at radius 2 is 2.50 bits per heavy atom. The van der Waals surface area contributed by atoms with Gasteiger partial charge in [-0.1, -0.05) is 0 Å². The Hall–Kier alpha value is -1.36. The van der Waals surface area contributed by atoms with Crippen LogP contribution in [-0.2, 0) is 24.3 Å². The molecule has 0 atom stereocenters. The molecule has 0 aliphatic carbocycles. The number of likely N-dealkylation sites (N-methyl/N-ethyl adjacent to an activating group) is 1. The summed E-state index contributed by atoms with van der Waals surface area (Å²) in [4.78, 5) is 12.7. The Morgan fingerprint density at radius 3 is 3.21 bits per heavy atom. The molecule has 76 valence electrons. The van der Waals surface area contributed by atoms with Crippen LogP contribution in [0.4, 0.5) is 0 Å². The van der Waals surface area contributed by atoms with E-state index in [0.29, 0.717) is 0 Å². The van der Waals surface area contributed by atoms with Gasteiger partial charge >= 0.3 is 5.97 Å². The van der Waals surface area contributed by atoms with Crippen LogP contribution in [-0.4, -0.2) is 39.3 Å². The summed E-state index contributed by atoms with van der Waals surface area (Å²) in [5.41, 5.74) is 2.20. The molecule has 5 heteroatoms. The maximum absolute atomic E-state index is 10.5. The largest absolute Gasteiger partial charge is 0.480 e. The van der Waals surface area contributed by atoms with Crippen LogP contribution >= 0.6 is 0 Å². The van der Waals surface area contributed by atoms with E-state index in [9.17, 15) is 4.79 Å². The van der Waals surface area contributed by atoms with Crippen molar-refractivity contribution in [2.75, 3.05) is 13.6 Å². The van der Waals surface area contributed by atoms with Crippen molar-refractivity contribution in [3.05, 3.63) is 17.5 Å². The first-order chi connectivity index (χ1) is 6.65. The molecule has 0 radical (unpaired) electrons. The highest BCUT2D eigenvalue weighted by molar-refractivity contribution is 5.66. The first kappa shape index (κ1) is 9.21. The van der Waals surface area contributed by atoms with Crippen molar-refractivity contribution in [1.29, 1.82) is 0 Å². The van der Waals surface area contributed by atoms with E-state index >= 15 is 0 Å². The average Bonchev–Trinajstić information content (AvgIpc) is 2.44. The monoisotopic (exact) mass is 195 g/mol. The summed E-state index contributed by atoms with van der Waals surface area (Å²) in [6, 6.07) is 0. The minimum atomic E-state index is -0.849. The van der Waals surface area contributed by atoms with Crippen LogP contribution in [0.3, 0.4) is 0 Å². The number of aromatic nitrogens is 2. The number of hydrogen-bond acceptors (Lipinski definition) is 3. The second kappa shape index (κ2) is 3.42. The van der Waals surface area contributed by atoms with Crippen LogP contribution in [0.15, 0.2) is 6.20 Å². The van der Waals surface area contributed by atoms with Gasteiger partial charge in [-0.3, -0.25) is 9.48 Å². The zero-order valence-electron chi connectivity index (χ0n) is 8.10. The minimum Gasteiger partial charge on any atom is -0.480 e. The van der Waals surface area contributed by atoms with Crippen molar-refractivity contribution in [2.45, 2.75) is 19.5 Å². The SMILES string of the molecule is CN1CCc2nn(CC(=O)O)cc2C1. The van der Waals surface area contributed by atoms with Crippen LogP contribution in [0.1, 0.15) is 11.3 Å². The van der Waals surface area contributed by atoms with Gasteiger partial charge in [0.15, 0.2) is 0 Å². The molecule has 1 aliphatic rings. The van der Waals surface area contributed by atoms with Crippen molar-refractivity contribution in [2.24, 2.45) is 0 Å². The maximum Gasteiger partial charge on any atom is 0.325 e. The number of nitrogens with zero attached hydrogens (tertiary/aromatic N) is 3. The minimum absolute atomic E-state index is 0.0449. The van der Waals surface area contributed by atoms with E-state index < -0.39 is 5.97 Å². The van der Waals surface area contributed by atoms with E-state index in [0.717, 1.165) is 30.8 Å². The summed E-state index contributed by atoms with van der Waals surface area (Å²) >= 11 is 0. The molecule has 2 rings (SSSR count). The summed E-state index contributed by atoms with van der Waals surface area (Å²) < 4.78 is 1.51. The lowest BCUT2D eigenvalue weighted by molar-refractivity contribution is -0.137. The lowest BCUT2D eigenvalue weighted by Gasteiger charge is -2.20. The molecule has 5 nitrogen and oxygen atoms in total. The Labute approximate surface area is 81.9 Å². The lowest BCUT2D eigenvalue weighted by Crippen LogP contribution is -2.25. The molecule has 0 bridgehead atoms. The zero-order valence-corrected chi connectivity index (χ0v) is 8.10. The van der Waals surface area contributed by atoms with Crippen LogP contribution in [0.2, 0.25) is 0 Å². The summed E-state index contributed by atoms with van der Waals surface area (Å²) in [6.45, 7) is 1.82. The standard InChI is InChI=1S/C9H13N3O2/c1-11-3-2-8-7(4-11)5-12(10-8)6-9(13)14/h5H,2-4,6H2,1H3,(H,13,14). The van der Waals surface area contributed by atoms with E-state index in [1.807, 2.05) is 6.20 Å². The molecule has 1 aliphatic heterocycles. The Balaban J connectivity index is 2.19. The Bertz CT molecular complexity index is 359. The molecule has 0 unspecified atom stereocenters. The average molecular weight is 195 g/mol. The first-order valence-corrected chi connectivity index (χ1v) is 4.60. The van der Waals surface area contributed by atoms with Gasteiger partial charge in [0.1, 0.15) is 6.54 Å². The molecular formula is C9H13N3O2. The fourth-order valence-electron chi connectivity index (χ4n) is 1.73. The van der Waals surface area contributed by atoms with E-state index in [1.165, 1.54) is 4.68 Å². The molecule has 2 heterocycles. The second-order valence-electron chi connectivity index (χ2n) is 3.68. The number of carbonyl (C=O) groups is 1. The third-order valence-corrected chi connectivity index (χ3v) is 2.39. The summed E-state index contributed by atoms with van der Waals surface area (Å²) in [5, 5.41) is 12.8. The molecule has 0 amide bonds. The van der Waals surface area contributed by atoms with Gasteiger partial charge in [-0.15, -0.1) is 0 Å². The lowest BCUT2D eigenvalue weighted by atomic mass is 10.1. The smallest absolute Gasteiger partial charge is 0.325 e. The zero-order chi connectivity index (χ0) is 10.1. The highest BCUT2D eigenvalue weighted by Gasteiger charge is 2.17. The number of fused-ring (bicyclic) bond motifs is 1. The Kier molecular flexibility index (Phi) is 2.25. The number of carboxylic acids is 1. The number of hydrogen-bond donors (Lipinski definition) is 1. The summed E-state index contributed by atoms with van der Waals surface area (Å²) in [7, 11) is 2.05. The van der Waals surface area contributed by atoms with Gasteiger partial charge in [-0.25, -0.2) is 0 Å². The van der Waals surface area contributed by atoms with Crippen molar-refractivity contribution in [3.63, 3.8) is 0 Å². The van der Waals surface area contributed by atoms with Gasteiger partial charge in [-0.2, -0.15) is 5.10 Å². The highest BCUT2D eigenvalue weighted by atomic mass is 16.4. The van der Waals surface area contributed by atoms with Crippen molar-refractivity contribution in [1.82, 2.24) is 14.7 Å². The molecule has 14 heavy (non-hydrogen) atoms.